The molecule has 2 aromatic heterocycles. The maximum absolute atomic E-state index is 12.4. The van der Waals surface area contributed by atoms with E-state index in [0.29, 0.717) is 10.7 Å². The molecule has 4 aromatic rings. The van der Waals surface area contributed by atoms with Gasteiger partial charge in [0.05, 0.1) is 5.69 Å². The number of carbonyl (C=O) groups is 2. The van der Waals surface area contributed by atoms with Crippen molar-refractivity contribution in [1.29, 1.82) is 0 Å². The Morgan fingerprint density at radius 3 is 2.18 bits per heavy atom. The normalized spacial score (nSPS) is 10.7. The van der Waals surface area contributed by atoms with Gasteiger partial charge < -0.3 is 5.32 Å². The minimum atomic E-state index is -0.197. The summed E-state index contributed by atoms with van der Waals surface area (Å²) in [4.78, 5) is 32.2. The van der Waals surface area contributed by atoms with E-state index in [2.05, 4.69) is 58.7 Å². The van der Waals surface area contributed by atoms with Gasteiger partial charge in [-0.05, 0) is 73.2 Å². The molecule has 0 spiro atoms. The summed E-state index contributed by atoms with van der Waals surface area (Å²) in [5, 5.41) is 8.21. The summed E-state index contributed by atoms with van der Waals surface area (Å²) in [5.74, 6) is -0.264. The van der Waals surface area contributed by atoms with Crippen molar-refractivity contribution in [3.63, 3.8) is 0 Å². The van der Waals surface area contributed by atoms with E-state index in [0.717, 1.165) is 40.9 Å². The van der Waals surface area contributed by atoms with Crippen LogP contribution in [0, 0.1) is 13.8 Å². The number of nitrogens with one attached hydrogen (secondary N) is 2. The number of benzene rings is 2. The Kier molecular flexibility index (Phi) is 7.13. The molecule has 0 bridgehead atoms. The van der Waals surface area contributed by atoms with Crippen molar-refractivity contribution in [2.45, 2.75) is 33.6 Å². The molecule has 0 saturated heterocycles. The molecule has 172 valence electrons. The van der Waals surface area contributed by atoms with Crippen LogP contribution in [0.2, 0.25) is 0 Å². The summed E-state index contributed by atoms with van der Waals surface area (Å²) in [6, 6.07) is 15.7. The number of aryl methyl sites for hydroxylation is 4. The van der Waals surface area contributed by atoms with Crippen LogP contribution in [0.25, 0.3) is 11.3 Å². The van der Waals surface area contributed by atoms with Crippen LogP contribution in [-0.2, 0) is 17.6 Å². The van der Waals surface area contributed by atoms with E-state index in [4.69, 9.17) is 0 Å². The highest BCUT2D eigenvalue weighted by Crippen LogP contribution is 2.31. The Morgan fingerprint density at radius 2 is 1.53 bits per heavy atom. The molecule has 0 saturated carbocycles. The van der Waals surface area contributed by atoms with Crippen molar-refractivity contribution in [2.75, 3.05) is 10.6 Å². The molecule has 0 aliphatic carbocycles. The number of pyridine rings is 1. The molecule has 0 radical (unpaired) electrons. The van der Waals surface area contributed by atoms with Crippen LogP contribution in [0.15, 0.2) is 66.3 Å². The second kappa shape index (κ2) is 10.4. The molecule has 0 atom stereocenters. The minimum absolute atomic E-state index is 0.0675. The van der Waals surface area contributed by atoms with Crippen molar-refractivity contribution < 1.29 is 9.59 Å². The first kappa shape index (κ1) is 23.3. The molecule has 0 unspecified atom stereocenters. The zero-order chi connectivity index (χ0) is 24.1. The predicted molar refractivity (Wildman–Crippen MR) is 137 cm³/mol. The van der Waals surface area contributed by atoms with Gasteiger partial charge in [-0.1, -0.05) is 24.3 Å². The molecule has 0 fully saturated rings. The lowest BCUT2D eigenvalue weighted by Gasteiger charge is -2.12. The third kappa shape index (κ3) is 5.74. The van der Waals surface area contributed by atoms with Crippen molar-refractivity contribution >= 4 is 34.0 Å². The number of carbonyl (C=O) groups excluding carboxylic acids is 2. The zero-order valence-corrected chi connectivity index (χ0v) is 20.2. The summed E-state index contributed by atoms with van der Waals surface area (Å²) in [5.41, 5.74) is 8.14. The third-order valence-corrected chi connectivity index (χ3v) is 6.25. The maximum atomic E-state index is 12.4. The van der Waals surface area contributed by atoms with Gasteiger partial charge in [0.2, 0.25) is 5.91 Å². The van der Waals surface area contributed by atoms with E-state index in [9.17, 15) is 9.59 Å². The number of rotatable bonds is 7. The highest BCUT2D eigenvalue weighted by Gasteiger charge is 2.14. The minimum Gasteiger partial charge on any atom is -0.326 e. The first-order valence-electron chi connectivity index (χ1n) is 11.0. The average molecular weight is 471 g/mol. The quantitative estimate of drug-likeness (QED) is 0.357. The first-order chi connectivity index (χ1) is 16.4. The third-order valence-electron chi connectivity index (χ3n) is 5.49. The first-order valence-corrected chi connectivity index (χ1v) is 11.9. The number of nitrogens with zero attached hydrogens (tertiary/aromatic N) is 2. The van der Waals surface area contributed by atoms with Crippen LogP contribution in [-0.4, -0.2) is 21.8 Å². The highest BCUT2D eigenvalue weighted by molar-refractivity contribution is 7.14. The van der Waals surface area contributed by atoms with E-state index in [1.165, 1.54) is 29.4 Å². The highest BCUT2D eigenvalue weighted by atomic mass is 32.1. The number of hydrogen-bond acceptors (Lipinski definition) is 5. The molecule has 6 nitrogen and oxygen atoms in total. The van der Waals surface area contributed by atoms with Gasteiger partial charge in [0, 0.05) is 41.5 Å². The van der Waals surface area contributed by atoms with Crippen molar-refractivity contribution in [1.82, 2.24) is 9.97 Å². The molecule has 4 rings (SSSR count). The Balaban J connectivity index is 1.43. The van der Waals surface area contributed by atoms with Crippen molar-refractivity contribution in [3.05, 3.63) is 94.1 Å². The second-order valence-electron chi connectivity index (χ2n) is 8.21. The van der Waals surface area contributed by atoms with Gasteiger partial charge in [0.25, 0.3) is 5.91 Å². The Morgan fingerprint density at radius 1 is 0.882 bits per heavy atom. The van der Waals surface area contributed by atoms with Crippen LogP contribution in [0.3, 0.4) is 0 Å². The molecular weight excluding hydrogens is 444 g/mol. The molecule has 0 aliphatic heterocycles. The molecule has 2 amide bonds. The van der Waals surface area contributed by atoms with Crippen LogP contribution in [0.4, 0.5) is 10.8 Å². The summed E-state index contributed by atoms with van der Waals surface area (Å²) < 4.78 is 0. The van der Waals surface area contributed by atoms with Gasteiger partial charge in [-0.15, -0.1) is 11.3 Å². The standard InChI is InChI=1S/C27H26N4O2S/c1-17-14-21(5-4-20-6-8-23(9-7-20)29-19(3)32)15-18(2)25(17)24-16-34-27(30-24)31-26(33)22-10-12-28-13-11-22/h6-16H,4-5H2,1-3H3,(H,29,32)(H,30,31,33). The fourth-order valence-corrected chi connectivity index (χ4v) is 4.66. The maximum Gasteiger partial charge on any atom is 0.257 e. The molecule has 0 aliphatic rings. The van der Waals surface area contributed by atoms with Gasteiger partial charge in [-0.25, -0.2) is 4.98 Å². The van der Waals surface area contributed by atoms with Crippen LogP contribution in [0.5, 0.6) is 0 Å². The molecule has 2 aromatic carbocycles. The largest absolute Gasteiger partial charge is 0.326 e. The van der Waals surface area contributed by atoms with Crippen LogP contribution in [0.1, 0.15) is 39.5 Å². The summed E-state index contributed by atoms with van der Waals surface area (Å²) >= 11 is 1.42. The SMILES string of the molecule is CC(=O)Nc1ccc(CCc2cc(C)c(-c3csc(NC(=O)c4ccncc4)n3)c(C)c2)cc1. The fourth-order valence-electron chi connectivity index (χ4n) is 3.97. The number of hydrogen-bond donors (Lipinski definition) is 2. The van der Waals surface area contributed by atoms with E-state index < -0.39 is 0 Å². The number of amides is 2. The number of anilines is 2. The number of aromatic nitrogens is 2. The van der Waals surface area contributed by atoms with Gasteiger partial charge in [-0.3, -0.25) is 19.9 Å². The summed E-state index contributed by atoms with van der Waals surface area (Å²) in [6.07, 6.45) is 5.03. The lowest BCUT2D eigenvalue weighted by Crippen LogP contribution is -2.11. The van der Waals surface area contributed by atoms with E-state index in [1.54, 1.807) is 24.5 Å². The lowest BCUT2D eigenvalue weighted by molar-refractivity contribution is -0.114. The molecule has 7 heteroatoms. The van der Waals surface area contributed by atoms with Crippen molar-refractivity contribution in [3.8, 4) is 11.3 Å². The topological polar surface area (TPSA) is 84.0 Å². The smallest absolute Gasteiger partial charge is 0.257 e. The van der Waals surface area contributed by atoms with Crippen LogP contribution < -0.4 is 10.6 Å². The Bertz CT molecular complexity index is 1290. The van der Waals surface area contributed by atoms with Gasteiger partial charge in [0.15, 0.2) is 5.13 Å². The lowest BCUT2D eigenvalue weighted by atomic mass is 9.94. The van der Waals surface area contributed by atoms with Crippen LogP contribution >= 0.6 is 11.3 Å². The van der Waals surface area contributed by atoms with E-state index in [-0.39, 0.29) is 11.8 Å². The second-order valence-corrected chi connectivity index (χ2v) is 9.07. The molecular formula is C27H26N4O2S. The predicted octanol–water partition coefficient (Wildman–Crippen LogP) is 5.82. The van der Waals surface area contributed by atoms with Gasteiger partial charge in [0.1, 0.15) is 0 Å². The summed E-state index contributed by atoms with van der Waals surface area (Å²) in [7, 11) is 0. The number of thiazole rings is 1. The van der Waals surface area contributed by atoms with E-state index in [1.807, 2.05) is 17.5 Å². The zero-order valence-electron chi connectivity index (χ0n) is 19.4. The van der Waals surface area contributed by atoms with E-state index >= 15 is 0 Å². The molecule has 2 heterocycles. The van der Waals surface area contributed by atoms with Gasteiger partial charge >= 0.3 is 0 Å². The Labute approximate surface area is 203 Å². The van der Waals surface area contributed by atoms with Gasteiger partial charge in [-0.2, -0.15) is 0 Å². The monoisotopic (exact) mass is 470 g/mol. The molecule has 34 heavy (non-hydrogen) atoms. The fraction of sp³-hybridized carbons (Fsp3) is 0.185. The Hall–Kier alpha value is -3.84. The summed E-state index contributed by atoms with van der Waals surface area (Å²) in [6.45, 7) is 5.71. The van der Waals surface area contributed by atoms with Crippen molar-refractivity contribution in [2.24, 2.45) is 0 Å². The average Bonchev–Trinajstić information content (AvgIpc) is 3.26. The molecule has 2 N–H and O–H groups in total.